The van der Waals surface area contributed by atoms with Crippen LogP contribution in [0.2, 0.25) is 5.15 Å². The molecule has 0 fully saturated rings. The number of hydrogen-bond acceptors (Lipinski definition) is 6. The molecule has 15 heavy (non-hydrogen) atoms. The average molecular weight is 242 g/mol. The molecule has 2 rings (SSSR count). The molecule has 0 saturated heterocycles. The summed E-state index contributed by atoms with van der Waals surface area (Å²) in [6.07, 6.45) is 2.77. The van der Waals surface area contributed by atoms with Crippen molar-refractivity contribution in [1.29, 1.82) is 0 Å². The number of hydrogen-bond donors (Lipinski definition) is 1. The fourth-order valence-electron chi connectivity index (χ4n) is 0.846. The second-order valence-corrected chi connectivity index (χ2v) is 3.47. The van der Waals surface area contributed by atoms with E-state index in [-0.39, 0.29) is 22.6 Å². The van der Waals surface area contributed by atoms with E-state index in [1.54, 1.807) is 0 Å². The fraction of sp³-hybridized carbons (Fsp3) is 0. The first kappa shape index (κ1) is 9.94. The molecule has 0 radical (unpaired) electrons. The average Bonchev–Trinajstić information content (AvgIpc) is 2.70. The van der Waals surface area contributed by atoms with Crippen LogP contribution in [-0.4, -0.2) is 25.5 Å². The van der Waals surface area contributed by atoms with Crippen LogP contribution in [0.1, 0.15) is 10.5 Å². The van der Waals surface area contributed by atoms with Crippen molar-refractivity contribution in [3.8, 4) is 0 Å². The van der Waals surface area contributed by atoms with Crippen LogP contribution in [0.25, 0.3) is 0 Å². The standard InChI is InChI=1S/C7H4ClN5OS/c8-5-1-9-2-6(10-5)11-7(14)4-3-15-13-12-4/h1-3H,(H,10,11,14). The van der Waals surface area contributed by atoms with Gasteiger partial charge < -0.3 is 5.32 Å². The van der Waals surface area contributed by atoms with Crippen molar-refractivity contribution in [2.24, 2.45) is 0 Å². The van der Waals surface area contributed by atoms with Crippen molar-refractivity contribution in [3.63, 3.8) is 0 Å². The summed E-state index contributed by atoms with van der Waals surface area (Å²) in [5.74, 6) is -0.110. The maximum absolute atomic E-state index is 11.5. The van der Waals surface area contributed by atoms with Gasteiger partial charge >= 0.3 is 0 Å². The third-order valence-corrected chi connectivity index (χ3v) is 2.13. The van der Waals surface area contributed by atoms with Gasteiger partial charge in [0.2, 0.25) is 0 Å². The topological polar surface area (TPSA) is 80.7 Å². The molecule has 76 valence electrons. The summed E-state index contributed by atoms with van der Waals surface area (Å²) in [5, 5.41) is 7.85. The van der Waals surface area contributed by atoms with Crippen molar-refractivity contribution in [1.82, 2.24) is 19.6 Å². The SMILES string of the molecule is O=C(Nc1cncc(Cl)n1)c1csnn1. The van der Waals surface area contributed by atoms with E-state index in [1.165, 1.54) is 17.8 Å². The van der Waals surface area contributed by atoms with Crippen LogP contribution in [0.4, 0.5) is 5.82 Å². The van der Waals surface area contributed by atoms with Gasteiger partial charge in [0.05, 0.1) is 12.4 Å². The predicted octanol–water partition coefficient (Wildman–Crippen LogP) is 1.23. The predicted molar refractivity (Wildman–Crippen MR) is 54.9 cm³/mol. The highest BCUT2D eigenvalue weighted by atomic mass is 35.5. The number of anilines is 1. The van der Waals surface area contributed by atoms with Gasteiger partial charge in [-0.05, 0) is 11.5 Å². The Balaban J connectivity index is 2.13. The Labute approximate surface area is 93.5 Å². The quantitative estimate of drug-likeness (QED) is 0.855. The van der Waals surface area contributed by atoms with Gasteiger partial charge in [-0.3, -0.25) is 9.78 Å². The summed E-state index contributed by atoms with van der Waals surface area (Å²) in [5.41, 5.74) is 0.238. The highest BCUT2D eigenvalue weighted by Gasteiger charge is 2.09. The lowest BCUT2D eigenvalue weighted by Crippen LogP contribution is -2.13. The van der Waals surface area contributed by atoms with E-state index in [9.17, 15) is 4.79 Å². The number of rotatable bonds is 2. The molecular weight excluding hydrogens is 238 g/mol. The van der Waals surface area contributed by atoms with Crippen LogP contribution in [0.5, 0.6) is 0 Å². The van der Waals surface area contributed by atoms with Gasteiger partial charge in [-0.25, -0.2) is 4.98 Å². The molecule has 0 bridgehead atoms. The van der Waals surface area contributed by atoms with Crippen molar-refractivity contribution in [2.45, 2.75) is 0 Å². The molecule has 0 aliphatic carbocycles. The normalized spacial score (nSPS) is 9.93. The van der Waals surface area contributed by atoms with Gasteiger partial charge in [-0.1, -0.05) is 16.1 Å². The van der Waals surface area contributed by atoms with Gasteiger partial charge in [0, 0.05) is 5.38 Å². The summed E-state index contributed by atoms with van der Waals surface area (Å²) in [4.78, 5) is 19.1. The Hall–Kier alpha value is -1.60. The number of carbonyl (C=O) groups excluding carboxylic acids is 1. The Kier molecular flexibility index (Phi) is 2.84. The number of halogens is 1. The monoisotopic (exact) mass is 241 g/mol. The zero-order chi connectivity index (χ0) is 10.7. The largest absolute Gasteiger partial charge is 0.304 e. The second kappa shape index (κ2) is 4.28. The zero-order valence-electron chi connectivity index (χ0n) is 7.22. The second-order valence-electron chi connectivity index (χ2n) is 2.47. The van der Waals surface area contributed by atoms with E-state index < -0.39 is 0 Å². The summed E-state index contributed by atoms with van der Waals surface area (Å²) in [6.45, 7) is 0. The first-order chi connectivity index (χ1) is 7.25. The summed E-state index contributed by atoms with van der Waals surface area (Å²) in [7, 11) is 0. The molecule has 1 amide bonds. The van der Waals surface area contributed by atoms with Crippen LogP contribution < -0.4 is 5.32 Å². The Morgan fingerprint density at radius 1 is 1.47 bits per heavy atom. The third-order valence-electron chi connectivity index (χ3n) is 1.44. The molecule has 0 saturated carbocycles. The Bertz CT molecular complexity index is 474. The van der Waals surface area contributed by atoms with Crippen molar-refractivity contribution in [3.05, 3.63) is 28.6 Å². The minimum Gasteiger partial charge on any atom is -0.304 e. The molecule has 2 aromatic rings. The van der Waals surface area contributed by atoms with Crippen LogP contribution in [0, 0.1) is 0 Å². The van der Waals surface area contributed by atoms with E-state index in [0.717, 1.165) is 11.5 Å². The van der Waals surface area contributed by atoms with E-state index in [2.05, 4.69) is 24.9 Å². The van der Waals surface area contributed by atoms with Crippen molar-refractivity contribution < 1.29 is 4.79 Å². The lowest BCUT2D eigenvalue weighted by Gasteiger charge is -2.00. The minimum atomic E-state index is -0.389. The Morgan fingerprint density at radius 3 is 3.00 bits per heavy atom. The molecule has 0 aromatic carbocycles. The number of amides is 1. The smallest absolute Gasteiger partial charge is 0.278 e. The maximum Gasteiger partial charge on any atom is 0.278 e. The molecule has 2 aromatic heterocycles. The number of aromatic nitrogens is 4. The van der Waals surface area contributed by atoms with Crippen LogP contribution >= 0.6 is 23.1 Å². The highest BCUT2D eigenvalue weighted by molar-refractivity contribution is 7.03. The first-order valence-corrected chi connectivity index (χ1v) is 5.03. The van der Waals surface area contributed by atoms with Gasteiger partial charge in [0.15, 0.2) is 11.5 Å². The number of nitrogens with zero attached hydrogens (tertiary/aromatic N) is 4. The van der Waals surface area contributed by atoms with Crippen LogP contribution in [0.15, 0.2) is 17.8 Å². The lowest BCUT2D eigenvalue weighted by molar-refractivity contribution is 0.102. The summed E-state index contributed by atoms with van der Waals surface area (Å²) in [6, 6.07) is 0. The zero-order valence-corrected chi connectivity index (χ0v) is 8.79. The summed E-state index contributed by atoms with van der Waals surface area (Å²) >= 11 is 6.70. The van der Waals surface area contributed by atoms with Crippen molar-refractivity contribution >= 4 is 34.9 Å². The number of carbonyl (C=O) groups is 1. The molecule has 2 heterocycles. The molecule has 0 aliphatic rings. The highest BCUT2D eigenvalue weighted by Crippen LogP contribution is 2.08. The van der Waals surface area contributed by atoms with E-state index in [4.69, 9.17) is 11.6 Å². The first-order valence-electron chi connectivity index (χ1n) is 3.81. The van der Waals surface area contributed by atoms with Gasteiger partial charge in [0.25, 0.3) is 5.91 Å². The molecule has 1 N–H and O–H groups in total. The van der Waals surface area contributed by atoms with Crippen molar-refractivity contribution in [2.75, 3.05) is 5.32 Å². The molecule has 8 heteroatoms. The van der Waals surface area contributed by atoms with Gasteiger partial charge in [0.1, 0.15) is 5.15 Å². The van der Waals surface area contributed by atoms with E-state index in [1.807, 2.05) is 0 Å². The Morgan fingerprint density at radius 2 is 2.33 bits per heavy atom. The number of nitrogens with one attached hydrogen (secondary N) is 1. The molecule has 0 atom stereocenters. The molecular formula is C7H4ClN5OS. The maximum atomic E-state index is 11.5. The minimum absolute atomic E-state index is 0.212. The van der Waals surface area contributed by atoms with E-state index in [0.29, 0.717) is 0 Å². The molecule has 0 unspecified atom stereocenters. The fourth-order valence-corrected chi connectivity index (χ4v) is 1.43. The summed E-state index contributed by atoms with van der Waals surface area (Å²) < 4.78 is 3.57. The lowest BCUT2D eigenvalue weighted by atomic mass is 10.4. The van der Waals surface area contributed by atoms with Gasteiger partial charge in [-0.15, -0.1) is 5.10 Å². The van der Waals surface area contributed by atoms with Crippen LogP contribution in [-0.2, 0) is 0 Å². The van der Waals surface area contributed by atoms with Crippen LogP contribution in [0.3, 0.4) is 0 Å². The molecule has 6 nitrogen and oxygen atoms in total. The third kappa shape index (κ3) is 2.45. The van der Waals surface area contributed by atoms with Gasteiger partial charge in [-0.2, -0.15) is 0 Å². The van der Waals surface area contributed by atoms with E-state index >= 15 is 0 Å². The molecule has 0 spiro atoms. The molecule has 0 aliphatic heterocycles.